The quantitative estimate of drug-likeness (QED) is 0.255. The Labute approximate surface area is 204 Å². The van der Waals surface area contributed by atoms with Gasteiger partial charge in [-0.15, -0.1) is 0 Å². The van der Waals surface area contributed by atoms with E-state index in [1.54, 1.807) is 49.4 Å². The molecule has 0 fully saturated rings. The molecule has 0 aliphatic carbocycles. The van der Waals surface area contributed by atoms with Gasteiger partial charge in [0.2, 0.25) is 5.78 Å². The average Bonchev–Trinajstić information content (AvgIpc) is 3.14. The number of rotatable bonds is 4. The summed E-state index contributed by atoms with van der Waals surface area (Å²) < 4.78 is 28.4. The minimum absolute atomic E-state index is 0.140. The van der Waals surface area contributed by atoms with Gasteiger partial charge in [0.1, 0.15) is 23.0 Å². The monoisotopic (exact) mass is 522 g/mol. The Kier molecular flexibility index (Phi) is 5.85. The third-order valence-corrected chi connectivity index (χ3v) is 5.91. The highest BCUT2D eigenvalue weighted by Gasteiger charge is 2.31. The molecule has 5 rings (SSSR count). The smallest absolute Gasteiger partial charge is 0.343 e. The van der Waals surface area contributed by atoms with Crippen LogP contribution in [0.25, 0.3) is 6.08 Å². The number of benzene rings is 3. The molecule has 0 amide bonds. The lowest BCUT2D eigenvalue weighted by Gasteiger charge is -2.20. The van der Waals surface area contributed by atoms with Gasteiger partial charge in [-0.05, 0) is 55.0 Å². The Morgan fingerprint density at radius 1 is 1.12 bits per heavy atom. The molecule has 34 heavy (non-hydrogen) atoms. The number of ether oxygens (including phenoxy) is 5. The molecule has 3 aromatic carbocycles. The number of aryl methyl sites for hydroxylation is 1. The minimum Gasteiger partial charge on any atom is -0.497 e. The Bertz CT molecular complexity index is 1360. The van der Waals surface area contributed by atoms with E-state index in [-0.39, 0.29) is 24.1 Å². The van der Waals surface area contributed by atoms with E-state index in [1.807, 2.05) is 12.1 Å². The van der Waals surface area contributed by atoms with E-state index in [1.165, 1.54) is 7.11 Å². The van der Waals surface area contributed by atoms with Crippen LogP contribution in [0.1, 0.15) is 37.4 Å². The predicted molar refractivity (Wildman–Crippen MR) is 126 cm³/mol. The van der Waals surface area contributed by atoms with E-state index in [0.717, 1.165) is 10.0 Å². The molecule has 0 bridgehead atoms. The summed E-state index contributed by atoms with van der Waals surface area (Å²) >= 11 is 3.48. The first-order chi connectivity index (χ1) is 16.4. The van der Waals surface area contributed by atoms with Crippen molar-refractivity contribution in [2.24, 2.45) is 0 Å². The van der Waals surface area contributed by atoms with E-state index in [2.05, 4.69) is 15.9 Å². The summed E-state index contributed by atoms with van der Waals surface area (Å²) in [4.78, 5) is 25.7. The van der Waals surface area contributed by atoms with Crippen LogP contribution in [0.3, 0.4) is 0 Å². The SMILES string of the molecule is COc1cccc(C(=O)Oc2cc(C)c3c(c2)O/C(=C\c2cc(Br)cc4c2OCOC4)C3=O)c1. The summed E-state index contributed by atoms with van der Waals surface area (Å²) in [6.45, 7) is 2.33. The molecule has 7 nitrogen and oxygen atoms in total. The number of halogens is 1. The van der Waals surface area contributed by atoms with Crippen molar-refractivity contribution >= 4 is 33.8 Å². The fourth-order valence-electron chi connectivity index (χ4n) is 3.91. The molecule has 0 N–H and O–H groups in total. The van der Waals surface area contributed by atoms with Crippen LogP contribution in [0.15, 0.2) is 58.8 Å². The Balaban J connectivity index is 1.44. The Morgan fingerprint density at radius 3 is 2.79 bits per heavy atom. The maximum atomic E-state index is 13.1. The molecule has 0 radical (unpaired) electrons. The molecular weight excluding hydrogens is 504 g/mol. The lowest BCUT2D eigenvalue weighted by Crippen LogP contribution is -2.12. The molecule has 2 aliphatic heterocycles. The van der Waals surface area contributed by atoms with Gasteiger partial charge in [0.25, 0.3) is 0 Å². The summed E-state index contributed by atoms with van der Waals surface area (Å²) in [5.41, 5.74) is 2.99. The number of esters is 1. The van der Waals surface area contributed by atoms with E-state index in [0.29, 0.717) is 46.1 Å². The molecule has 8 heteroatoms. The largest absolute Gasteiger partial charge is 0.497 e. The molecule has 2 aliphatic rings. The van der Waals surface area contributed by atoms with Gasteiger partial charge < -0.3 is 23.7 Å². The summed E-state index contributed by atoms with van der Waals surface area (Å²) in [5, 5.41) is 0. The van der Waals surface area contributed by atoms with Crippen molar-refractivity contribution in [3.8, 4) is 23.0 Å². The van der Waals surface area contributed by atoms with Crippen molar-refractivity contribution in [3.63, 3.8) is 0 Å². The van der Waals surface area contributed by atoms with Crippen LogP contribution in [-0.2, 0) is 11.3 Å². The van der Waals surface area contributed by atoms with Crippen LogP contribution in [0, 0.1) is 6.92 Å². The zero-order valence-electron chi connectivity index (χ0n) is 18.3. The van der Waals surface area contributed by atoms with Gasteiger partial charge >= 0.3 is 5.97 Å². The predicted octanol–water partition coefficient (Wildman–Crippen LogP) is 5.47. The maximum absolute atomic E-state index is 13.1. The van der Waals surface area contributed by atoms with Crippen molar-refractivity contribution in [2.45, 2.75) is 13.5 Å². The average molecular weight is 523 g/mol. The first-order valence-electron chi connectivity index (χ1n) is 10.4. The highest BCUT2D eigenvalue weighted by Crippen LogP contribution is 2.39. The number of Topliss-reactive ketones (excluding diaryl/α,β-unsaturated/α-hetero) is 1. The second-order valence-electron chi connectivity index (χ2n) is 7.77. The number of ketones is 1. The van der Waals surface area contributed by atoms with E-state index in [9.17, 15) is 9.59 Å². The van der Waals surface area contributed by atoms with Crippen molar-refractivity contribution in [1.29, 1.82) is 0 Å². The molecule has 0 saturated carbocycles. The molecule has 0 atom stereocenters. The molecule has 0 unspecified atom stereocenters. The fourth-order valence-corrected chi connectivity index (χ4v) is 4.43. The summed E-state index contributed by atoms with van der Waals surface area (Å²) in [5.74, 6) is 1.17. The van der Waals surface area contributed by atoms with Crippen molar-refractivity contribution in [1.82, 2.24) is 0 Å². The van der Waals surface area contributed by atoms with Crippen LogP contribution in [-0.4, -0.2) is 25.7 Å². The normalized spacial score (nSPS) is 15.3. The summed E-state index contributed by atoms with van der Waals surface area (Å²) in [6, 6.07) is 13.6. The standard InChI is InChI=1S/C26H19BrO7/c1-14-6-20(33-26(29)15-4-3-5-19(9-15)30-2)11-21-23(14)24(28)22(34-21)10-16-7-18(27)8-17-12-31-13-32-25(16)17/h3-11H,12-13H2,1-2H3/b22-10-. The van der Waals surface area contributed by atoms with Crippen molar-refractivity contribution < 1.29 is 33.3 Å². The molecule has 3 aromatic rings. The van der Waals surface area contributed by atoms with Crippen LogP contribution < -0.4 is 18.9 Å². The first-order valence-corrected chi connectivity index (χ1v) is 11.2. The molecule has 0 spiro atoms. The number of carbonyl (C=O) groups is 2. The minimum atomic E-state index is -0.543. The van der Waals surface area contributed by atoms with Gasteiger partial charge in [-0.1, -0.05) is 22.0 Å². The van der Waals surface area contributed by atoms with Crippen LogP contribution in [0.5, 0.6) is 23.0 Å². The topological polar surface area (TPSA) is 80.3 Å². The summed E-state index contributed by atoms with van der Waals surface area (Å²) in [6.07, 6.45) is 1.65. The van der Waals surface area contributed by atoms with Crippen LogP contribution >= 0.6 is 15.9 Å². The first kappa shape index (κ1) is 22.2. The Hall–Kier alpha value is -3.62. The molecular formula is C26H19BrO7. The number of fused-ring (bicyclic) bond motifs is 2. The van der Waals surface area contributed by atoms with Gasteiger partial charge in [-0.3, -0.25) is 4.79 Å². The van der Waals surface area contributed by atoms with E-state index in [4.69, 9.17) is 23.7 Å². The van der Waals surface area contributed by atoms with Crippen molar-refractivity contribution in [3.05, 3.63) is 86.6 Å². The van der Waals surface area contributed by atoms with Gasteiger partial charge in [0.15, 0.2) is 12.6 Å². The number of carbonyl (C=O) groups excluding carboxylic acids is 2. The third kappa shape index (κ3) is 4.18. The van der Waals surface area contributed by atoms with E-state index < -0.39 is 5.97 Å². The molecule has 2 heterocycles. The molecule has 172 valence electrons. The van der Waals surface area contributed by atoms with Gasteiger partial charge in [-0.25, -0.2) is 4.79 Å². The Morgan fingerprint density at radius 2 is 1.97 bits per heavy atom. The van der Waals surface area contributed by atoms with Gasteiger partial charge in [0.05, 0.1) is 24.8 Å². The molecule has 0 saturated heterocycles. The highest BCUT2D eigenvalue weighted by molar-refractivity contribution is 9.10. The van der Waals surface area contributed by atoms with Crippen LogP contribution in [0.4, 0.5) is 0 Å². The van der Waals surface area contributed by atoms with Gasteiger partial charge in [0, 0.05) is 21.7 Å². The van der Waals surface area contributed by atoms with Gasteiger partial charge in [-0.2, -0.15) is 0 Å². The fraction of sp³-hybridized carbons (Fsp3) is 0.154. The number of methoxy groups -OCH3 is 1. The maximum Gasteiger partial charge on any atom is 0.343 e. The molecule has 0 aromatic heterocycles. The lowest BCUT2D eigenvalue weighted by molar-refractivity contribution is -0.0165. The second-order valence-corrected chi connectivity index (χ2v) is 8.68. The lowest BCUT2D eigenvalue weighted by atomic mass is 10.0. The van der Waals surface area contributed by atoms with Crippen LogP contribution in [0.2, 0.25) is 0 Å². The highest BCUT2D eigenvalue weighted by atomic mass is 79.9. The zero-order valence-corrected chi connectivity index (χ0v) is 19.9. The number of hydrogen-bond donors (Lipinski definition) is 0. The third-order valence-electron chi connectivity index (χ3n) is 5.45. The van der Waals surface area contributed by atoms with E-state index >= 15 is 0 Å². The second kappa shape index (κ2) is 8.96. The van der Waals surface area contributed by atoms with Crippen molar-refractivity contribution in [2.75, 3.05) is 13.9 Å². The number of allylic oxidation sites excluding steroid dienone is 1. The summed E-state index contributed by atoms with van der Waals surface area (Å²) in [7, 11) is 1.53. The zero-order chi connectivity index (χ0) is 23.8. The number of hydrogen-bond acceptors (Lipinski definition) is 7.